The Balaban J connectivity index is 1.58. The highest BCUT2D eigenvalue weighted by molar-refractivity contribution is 6.07. The van der Waals surface area contributed by atoms with Gasteiger partial charge in [-0.1, -0.05) is 43.7 Å². The summed E-state index contributed by atoms with van der Waals surface area (Å²) in [5.41, 5.74) is 6.32. The lowest BCUT2D eigenvalue weighted by atomic mass is 10.0. The first-order valence-corrected chi connectivity index (χ1v) is 11.3. The molecule has 34 heavy (non-hydrogen) atoms. The van der Waals surface area contributed by atoms with Gasteiger partial charge in [0.05, 0.1) is 36.7 Å². The molecule has 0 fully saturated rings. The van der Waals surface area contributed by atoms with Gasteiger partial charge in [0, 0.05) is 10.9 Å². The molecule has 0 atom stereocenters. The summed E-state index contributed by atoms with van der Waals surface area (Å²) < 4.78 is 11.0. The number of carbonyl (C=O) groups excluding carboxylic acids is 1. The number of aromatic nitrogens is 1. The number of pyridine rings is 1. The van der Waals surface area contributed by atoms with Crippen molar-refractivity contribution in [2.24, 2.45) is 5.10 Å². The Bertz CT molecular complexity index is 1300. The number of unbranched alkanes of at least 4 members (excludes halogenated alkanes) is 1. The second-order valence-corrected chi connectivity index (χ2v) is 7.77. The Kier molecular flexibility index (Phi) is 7.50. The second-order valence-electron chi connectivity index (χ2n) is 7.77. The summed E-state index contributed by atoms with van der Waals surface area (Å²) in [6.07, 6.45) is 3.70. The number of benzene rings is 3. The van der Waals surface area contributed by atoms with Crippen molar-refractivity contribution in [1.29, 1.82) is 0 Å². The lowest BCUT2D eigenvalue weighted by Gasteiger charge is -2.10. The molecule has 1 amide bonds. The van der Waals surface area contributed by atoms with Gasteiger partial charge in [0.15, 0.2) is 0 Å². The molecule has 1 aromatic heterocycles. The van der Waals surface area contributed by atoms with Gasteiger partial charge in [-0.25, -0.2) is 10.4 Å². The van der Waals surface area contributed by atoms with Gasteiger partial charge in [-0.2, -0.15) is 5.10 Å². The molecule has 1 N–H and O–H groups in total. The van der Waals surface area contributed by atoms with Crippen LogP contribution >= 0.6 is 0 Å². The van der Waals surface area contributed by atoms with E-state index < -0.39 is 0 Å². The topological polar surface area (TPSA) is 72.8 Å². The van der Waals surface area contributed by atoms with Gasteiger partial charge >= 0.3 is 0 Å². The van der Waals surface area contributed by atoms with Crippen LogP contribution in [0.25, 0.3) is 22.2 Å². The standard InChI is InChI=1S/C28H27N3O3/c1-3-4-16-34-22-14-12-21(13-15-22)27-18-25(24-10-5-6-11-26(24)30-27)28(32)31-29-19-20-8-7-9-23(17-20)33-2/h5-15,17-19H,3-4,16H2,1-2H3,(H,31,32)/b29-19-. The zero-order chi connectivity index (χ0) is 23.8. The van der Waals surface area contributed by atoms with E-state index in [4.69, 9.17) is 14.5 Å². The molecule has 0 spiro atoms. The number of ether oxygens (including phenoxy) is 2. The Hall–Kier alpha value is -4.19. The number of carbonyl (C=O) groups is 1. The summed E-state index contributed by atoms with van der Waals surface area (Å²) >= 11 is 0. The van der Waals surface area contributed by atoms with Crippen LogP contribution in [0.4, 0.5) is 0 Å². The van der Waals surface area contributed by atoms with Gasteiger partial charge in [-0.05, 0) is 60.5 Å². The highest BCUT2D eigenvalue weighted by Crippen LogP contribution is 2.26. The van der Waals surface area contributed by atoms with Crippen LogP contribution in [0.15, 0.2) is 84.0 Å². The number of fused-ring (bicyclic) bond motifs is 1. The maximum absolute atomic E-state index is 13.1. The second kappa shape index (κ2) is 11.1. The summed E-state index contributed by atoms with van der Waals surface area (Å²) in [7, 11) is 1.61. The van der Waals surface area contributed by atoms with Crippen LogP contribution < -0.4 is 14.9 Å². The van der Waals surface area contributed by atoms with Crippen LogP contribution in [0, 0.1) is 0 Å². The van der Waals surface area contributed by atoms with Crippen LogP contribution in [0.1, 0.15) is 35.7 Å². The molecule has 4 rings (SSSR count). The van der Waals surface area contributed by atoms with Crippen molar-refractivity contribution in [2.45, 2.75) is 19.8 Å². The van der Waals surface area contributed by atoms with E-state index in [2.05, 4.69) is 17.5 Å². The van der Waals surface area contributed by atoms with E-state index in [0.717, 1.165) is 46.4 Å². The van der Waals surface area contributed by atoms with Crippen LogP contribution in [-0.2, 0) is 0 Å². The molecule has 6 heteroatoms. The molecule has 0 saturated heterocycles. The molecule has 0 bridgehead atoms. The number of hydrogen-bond donors (Lipinski definition) is 1. The maximum atomic E-state index is 13.1. The molecule has 0 aliphatic carbocycles. The monoisotopic (exact) mass is 453 g/mol. The third-order valence-corrected chi connectivity index (χ3v) is 5.35. The average Bonchev–Trinajstić information content (AvgIpc) is 2.88. The number of amides is 1. The quantitative estimate of drug-likeness (QED) is 0.196. The van der Waals surface area contributed by atoms with E-state index in [9.17, 15) is 4.79 Å². The van der Waals surface area contributed by atoms with Crippen LogP contribution in [0.3, 0.4) is 0 Å². The molecule has 0 aliphatic heterocycles. The predicted octanol–water partition coefficient (Wildman–Crippen LogP) is 5.85. The van der Waals surface area contributed by atoms with Gasteiger partial charge in [-0.3, -0.25) is 4.79 Å². The molecular formula is C28H27N3O3. The highest BCUT2D eigenvalue weighted by atomic mass is 16.5. The zero-order valence-corrected chi connectivity index (χ0v) is 19.3. The number of hydrazone groups is 1. The molecule has 172 valence electrons. The van der Waals surface area contributed by atoms with Crippen molar-refractivity contribution < 1.29 is 14.3 Å². The highest BCUT2D eigenvalue weighted by Gasteiger charge is 2.13. The zero-order valence-electron chi connectivity index (χ0n) is 19.3. The summed E-state index contributed by atoms with van der Waals surface area (Å²) in [5.74, 6) is 1.24. The Morgan fingerprint density at radius 1 is 1.00 bits per heavy atom. The van der Waals surface area contributed by atoms with E-state index in [1.165, 1.54) is 0 Å². The number of hydrogen-bond acceptors (Lipinski definition) is 5. The Morgan fingerprint density at radius 3 is 2.62 bits per heavy atom. The minimum absolute atomic E-state index is 0.307. The lowest BCUT2D eigenvalue weighted by Crippen LogP contribution is -2.18. The molecule has 1 heterocycles. The Morgan fingerprint density at radius 2 is 1.82 bits per heavy atom. The van der Waals surface area contributed by atoms with Crippen LogP contribution in [-0.4, -0.2) is 30.8 Å². The third kappa shape index (κ3) is 5.59. The fraction of sp³-hybridized carbons (Fsp3) is 0.179. The van der Waals surface area contributed by atoms with Crippen molar-refractivity contribution in [1.82, 2.24) is 10.4 Å². The van der Waals surface area contributed by atoms with Gasteiger partial charge in [0.25, 0.3) is 5.91 Å². The predicted molar refractivity (Wildman–Crippen MR) is 136 cm³/mol. The third-order valence-electron chi connectivity index (χ3n) is 5.35. The summed E-state index contributed by atoms with van der Waals surface area (Å²) in [5, 5.41) is 4.90. The van der Waals surface area contributed by atoms with E-state index in [1.54, 1.807) is 19.4 Å². The number of para-hydroxylation sites is 1. The van der Waals surface area contributed by atoms with Gasteiger partial charge < -0.3 is 9.47 Å². The fourth-order valence-electron chi connectivity index (χ4n) is 3.51. The van der Waals surface area contributed by atoms with E-state index in [-0.39, 0.29) is 5.91 Å². The first kappa shape index (κ1) is 23.0. The van der Waals surface area contributed by atoms with Gasteiger partial charge in [-0.15, -0.1) is 0 Å². The van der Waals surface area contributed by atoms with Crippen molar-refractivity contribution in [2.75, 3.05) is 13.7 Å². The fourth-order valence-corrected chi connectivity index (χ4v) is 3.51. The smallest absolute Gasteiger partial charge is 0.272 e. The van der Waals surface area contributed by atoms with Gasteiger partial charge in [0.2, 0.25) is 0 Å². The summed E-state index contributed by atoms with van der Waals surface area (Å²) in [6.45, 7) is 2.83. The summed E-state index contributed by atoms with van der Waals surface area (Å²) in [6, 6.07) is 24.6. The molecule has 0 unspecified atom stereocenters. The van der Waals surface area contributed by atoms with E-state index >= 15 is 0 Å². The summed E-state index contributed by atoms with van der Waals surface area (Å²) in [4.78, 5) is 17.8. The molecule has 3 aromatic carbocycles. The molecule has 4 aromatic rings. The average molecular weight is 454 g/mol. The molecule has 6 nitrogen and oxygen atoms in total. The lowest BCUT2D eigenvalue weighted by molar-refractivity contribution is 0.0956. The maximum Gasteiger partial charge on any atom is 0.272 e. The minimum atomic E-state index is -0.307. The van der Waals surface area contributed by atoms with Crippen molar-refractivity contribution >= 4 is 23.0 Å². The van der Waals surface area contributed by atoms with Crippen LogP contribution in [0.2, 0.25) is 0 Å². The molecule has 0 radical (unpaired) electrons. The number of nitrogens with zero attached hydrogens (tertiary/aromatic N) is 2. The number of nitrogens with one attached hydrogen (secondary N) is 1. The minimum Gasteiger partial charge on any atom is -0.497 e. The Labute approximate surface area is 199 Å². The van der Waals surface area contributed by atoms with Gasteiger partial charge in [0.1, 0.15) is 11.5 Å². The van der Waals surface area contributed by atoms with E-state index in [1.807, 2.05) is 72.8 Å². The van der Waals surface area contributed by atoms with Crippen molar-refractivity contribution in [3.8, 4) is 22.8 Å². The van der Waals surface area contributed by atoms with Crippen molar-refractivity contribution in [3.63, 3.8) is 0 Å². The van der Waals surface area contributed by atoms with Crippen LogP contribution in [0.5, 0.6) is 11.5 Å². The molecule has 0 aliphatic rings. The van der Waals surface area contributed by atoms with E-state index in [0.29, 0.717) is 17.9 Å². The largest absolute Gasteiger partial charge is 0.497 e. The molecule has 0 saturated carbocycles. The number of rotatable bonds is 9. The number of methoxy groups -OCH3 is 1. The molecular weight excluding hydrogens is 426 g/mol. The SMILES string of the molecule is CCCCOc1ccc(-c2cc(C(=O)N/N=C\c3cccc(OC)c3)c3ccccc3n2)cc1. The van der Waals surface area contributed by atoms with Crippen molar-refractivity contribution in [3.05, 3.63) is 90.0 Å². The normalized spacial score (nSPS) is 11.0. The first-order valence-electron chi connectivity index (χ1n) is 11.3. The first-order chi connectivity index (χ1) is 16.7.